The Hall–Kier alpha value is -0.310. The summed E-state index contributed by atoms with van der Waals surface area (Å²) < 4.78 is 3.19. The van der Waals surface area contributed by atoms with E-state index in [-0.39, 0.29) is 5.54 Å². The van der Waals surface area contributed by atoms with Crippen LogP contribution < -0.4 is 0 Å². The molecule has 0 saturated heterocycles. The quantitative estimate of drug-likeness (QED) is 0.653. The highest BCUT2D eigenvalue weighted by molar-refractivity contribution is 9.10. The number of aromatic nitrogens is 2. The van der Waals surface area contributed by atoms with E-state index in [9.17, 15) is 0 Å². The third kappa shape index (κ3) is 1.64. The first-order chi connectivity index (χ1) is 4.93. The Kier molecular flexibility index (Phi) is 2.10. The van der Waals surface area contributed by atoms with Crippen molar-refractivity contribution >= 4 is 15.9 Å². The summed E-state index contributed by atoms with van der Waals surface area (Å²) in [5.41, 5.74) is 1.15. The van der Waals surface area contributed by atoms with Crippen molar-refractivity contribution in [2.75, 3.05) is 0 Å². The number of hydrogen-bond acceptors (Lipinski definition) is 1. The maximum atomic E-state index is 4.20. The molecule has 1 heterocycles. The van der Waals surface area contributed by atoms with Crippen molar-refractivity contribution < 1.29 is 0 Å². The summed E-state index contributed by atoms with van der Waals surface area (Å²) in [6.07, 6.45) is 1.86. The number of imidazole rings is 1. The first-order valence-corrected chi connectivity index (χ1v) is 4.42. The second-order valence-corrected chi connectivity index (χ2v) is 4.41. The minimum atomic E-state index is 0.111. The van der Waals surface area contributed by atoms with Gasteiger partial charge < -0.3 is 4.57 Å². The van der Waals surface area contributed by atoms with Crippen molar-refractivity contribution in [3.63, 3.8) is 0 Å². The van der Waals surface area contributed by atoms with Crippen LogP contribution in [0.25, 0.3) is 0 Å². The molecule has 0 spiro atoms. The Balaban J connectivity index is 3.15. The Morgan fingerprint density at radius 3 is 2.18 bits per heavy atom. The number of aryl methyl sites for hydroxylation is 1. The summed E-state index contributed by atoms with van der Waals surface area (Å²) in [7, 11) is 0. The third-order valence-electron chi connectivity index (χ3n) is 1.60. The van der Waals surface area contributed by atoms with Crippen molar-refractivity contribution in [1.29, 1.82) is 0 Å². The average Bonchev–Trinajstić information content (AvgIpc) is 2.11. The zero-order valence-corrected chi connectivity index (χ0v) is 8.94. The average molecular weight is 217 g/mol. The number of halogens is 1. The molecule has 1 rings (SSSR count). The highest BCUT2D eigenvalue weighted by Gasteiger charge is 2.16. The van der Waals surface area contributed by atoms with Gasteiger partial charge >= 0.3 is 0 Å². The standard InChI is InChI=1S/C8H13BrN2/c1-6-7(9)11(5-10-6)8(2,3)4/h5H,1-4H3. The van der Waals surface area contributed by atoms with Crippen molar-refractivity contribution in [3.05, 3.63) is 16.6 Å². The van der Waals surface area contributed by atoms with Gasteiger partial charge in [-0.3, -0.25) is 0 Å². The van der Waals surface area contributed by atoms with E-state index >= 15 is 0 Å². The van der Waals surface area contributed by atoms with Gasteiger partial charge in [0.2, 0.25) is 0 Å². The minimum absolute atomic E-state index is 0.111. The van der Waals surface area contributed by atoms with Gasteiger partial charge in [0.05, 0.1) is 12.0 Å². The topological polar surface area (TPSA) is 17.8 Å². The van der Waals surface area contributed by atoms with Crippen LogP contribution >= 0.6 is 15.9 Å². The molecule has 2 nitrogen and oxygen atoms in total. The molecule has 0 aliphatic heterocycles. The van der Waals surface area contributed by atoms with E-state index < -0.39 is 0 Å². The lowest BCUT2D eigenvalue weighted by Crippen LogP contribution is -2.20. The van der Waals surface area contributed by atoms with Crippen LogP contribution in [0.1, 0.15) is 26.5 Å². The molecule has 0 unspecified atom stereocenters. The SMILES string of the molecule is Cc1ncn(C(C)(C)C)c1Br. The van der Waals surface area contributed by atoms with Crippen molar-refractivity contribution in [2.24, 2.45) is 0 Å². The third-order valence-corrected chi connectivity index (χ3v) is 2.56. The van der Waals surface area contributed by atoms with Crippen LogP contribution in [-0.2, 0) is 5.54 Å². The Morgan fingerprint density at radius 2 is 2.00 bits per heavy atom. The fourth-order valence-electron chi connectivity index (χ4n) is 0.890. The number of nitrogens with zero attached hydrogens (tertiary/aromatic N) is 2. The second kappa shape index (κ2) is 2.63. The van der Waals surface area contributed by atoms with Gasteiger partial charge in [-0.25, -0.2) is 4.98 Å². The molecule has 0 aliphatic rings. The molecule has 0 saturated carbocycles. The highest BCUT2D eigenvalue weighted by Crippen LogP contribution is 2.23. The van der Waals surface area contributed by atoms with Crippen LogP contribution in [0.4, 0.5) is 0 Å². The molecule has 0 atom stereocenters. The zero-order chi connectivity index (χ0) is 8.65. The first kappa shape index (κ1) is 8.78. The summed E-state index contributed by atoms with van der Waals surface area (Å²) >= 11 is 3.49. The minimum Gasteiger partial charge on any atom is -0.320 e. The summed E-state index contributed by atoms with van der Waals surface area (Å²) in [6.45, 7) is 8.45. The lowest BCUT2D eigenvalue weighted by atomic mass is 10.1. The van der Waals surface area contributed by atoms with E-state index in [1.165, 1.54) is 0 Å². The highest BCUT2D eigenvalue weighted by atomic mass is 79.9. The van der Waals surface area contributed by atoms with Crippen molar-refractivity contribution in [3.8, 4) is 0 Å². The molecule has 1 aromatic heterocycles. The number of rotatable bonds is 0. The maximum Gasteiger partial charge on any atom is 0.108 e. The predicted molar refractivity (Wildman–Crippen MR) is 49.7 cm³/mol. The van der Waals surface area contributed by atoms with Crippen LogP contribution in [0, 0.1) is 6.92 Å². The molecule has 0 aromatic carbocycles. The van der Waals surface area contributed by atoms with Gasteiger partial charge in [0, 0.05) is 5.54 Å². The van der Waals surface area contributed by atoms with Gasteiger partial charge in [0.1, 0.15) is 4.60 Å². The van der Waals surface area contributed by atoms with Crippen LogP contribution in [0.5, 0.6) is 0 Å². The maximum absolute atomic E-state index is 4.20. The smallest absolute Gasteiger partial charge is 0.108 e. The normalized spacial score (nSPS) is 12.1. The predicted octanol–water partition coefficient (Wildman–Crippen LogP) is 2.71. The van der Waals surface area contributed by atoms with Crippen molar-refractivity contribution in [1.82, 2.24) is 9.55 Å². The fourth-order valence-corrected chi connectivity index (χ4v) is 1.62. The van der Waals surface area contributed by atoms with Crippen LogP contribution in [0.15, 0.2) is 10.9 Å². The van der Waals surface area contributed by atoms with Crippen LogP contribution in [0.2, 0.25) is 0 Å². The van der Waals surface area contributed by atoms with Gasteiger partial charge in [-0.1, -0.05) is 0 Å². The molecule has 0 bridgehead atoms. The van der Waals surface area contributed by atoms with Gasteiger partial charge in [0.25, 0.3) is 0 Å². The van der Waals surface area contributed by atoms with Crippen LogP contribution in [0.3, 0.4) is 0 Å². The Labute approximate surface area is 75.8 Å². The molecule has 0 N–H and O–H groups in total. The van der Waals surface area contributed by atoms with Gasteiger partial charge in [-0.05, 0) is 43.6 Å². The molecule has 0 radical (unpaired) electrons. The molecule has 0 fully saturated rings. The van der Waals surface area contributed by atoms with Gasteiger partial charge in [-0.2, -0.15) is 0 Å². The first-order valence-electron chi connectivity index (χ1n) is 3.63. The van der Waals surface area contributed by atoms with E-state index in [1.54, 1.807) is 0 Å². The molecule has 62 valence electrons. The van der Waals surface area contributed by atoms with Gasteiger partial charge in [-0.15, -0.1) is 0 Å². The lowest BCUT2D eigenvalue weighted by molar-refractivity contribution is 0.389. The van der Waals surface area contributed by atoms with Crippen LogP contribution in [-0.4, -0.2) is 9.55 Å². The second-order valence-electron chi connectivity index (χ2n) is 3.66. The number of hydrogen-bond donors (Lipinski definition) is 0. The fraction of sp³-hybridized carbons (Fsp3) is 0.625. The van der Waals surface area contributed by atoms with E-state index in [0.717, 1.165) is 10.3 Å². The molecule has 0 aliphatic carbocycles. The Morgan fingerprint density at radius 1 is 1.45 bits per heavy atom. The van der Waals surface area contributed by atoms with E-state index in [4.69, 9.17) is 0 Å². The lowest BCUT2D eigenvalue weighted by Gasteiger charge is -2.21. The summed E-state index contributed by atoms with van der Waals surface area (Å²) in [4.78, 5) is 4.20. The monoisotopic (exact) mass is 216 g/mol. The summed E-state index contributed by atoms with van der Waals surface area (Å²) in [5, 5.41) is 0. The van der Waals surface area contributed by atoms with E-state index in [1.807, 2.05) is 13.3 Å². The van der Waals surface area contributed by atoms with E-state index in [2.05, 4.69) is 46.3 Å². The molecule has 3 heteroatoms. The Bertz CT molecular complexity index is 258. The largest absolute Gasteiger partial charge is 0.320 e. The summed E-state index contributed by atoms with van der Waals surface area (Å²) in [5.74, 6) is 0. The molecular formula is C8H13BrN2. The molecule has 1 aromatic rings. The van der Waals surface area contributed by atoms with Crippen molar-refractivity contribution in [2.45, 2.75) is 33.2 Å². The summed E-state index contributed by atoms with van der Waals surface area (Å²) in [6, 6.07) is 0. The van der Waals surface area contributed by atoms with E-state index in [0.29, 0.717) is 0 Å². The van der Waals surface area contributed by atoms with Gasteiger partial charge in [0.15, 0.2) is 0 Å². The zero-order valence-electron chi connectivity index (χ0n) is 7.35. The molecule has 11 heavy (non-hydrogen) atoms. The molecular weight excluding hydrogens is 204 g/mol. The molecule has 0 amide bonds.